The third-order valence-corrected chi connectivity index (χ3v) is 6.58. The van der Waals surface area contributed by atoms with Gasteiger partial charge in [-0.25, -0.2) is 0 Å². The molecule has 0 spiro atoms. The van der Waals surface area contributed by atoms with Gasteiger partial charge >= 0.3 is 0 Å². The first-order valence-corrected chi connectivity index (χ1v) is 12.6. The minimum Gasteiger partial charge on any atom is -0.495 e. The Hall–Kier alpha value is -4.55. The molecule has 9 nitrogen and oxygen atoms in total. The first-order chi connectivity index (χ1) is 18.7. The molecule has 0 saturated carbocycles. The maximum atomic E-state index is 13.7. The molecule has 4 rings (SSSR count). The van der Waals surface area contributed by atoms with Crippen LogP contribution in [0.1, 0.15) is 46.7 Å². The lowest BCUT2D eigenvalue weighted by Gasteiger charge is -2.20. The van der Waals surface area contributed by atoms with Crippen molar-refractivity contribution in [1.29, 1.82) is 5.26 Å². The minimum atomic E-state index is -0.901. The van der Waals surface area contributed by atoms with E-state index in [-0.39, 0.29) is 24.4 Å². The number of benzene rings is 1. The van der Waals surface area contributed by atoms with Crippen LogP contribution in [0, 0.1) is 11.3 Å². The van der Waals surface area contributed by atoms with Crippen molar-refractivity contribution >= 4 is 23.2 Å². The lowest BCUT2D eigenvalue weighted by atomic mass is 9.98. The van der Waals surface area contributed by atoms with Crippen LogP contribution in [0.25, 0.3) is 11.1 Å². The largest absolute Gasteiger partial charge is 0.495 e. The lowest BCUT2D eigenvalue weighted by molar-refractivity contribution is -0.121. The van der Waals surface area contributed by atoms with E-state index in [1.54, 1.807) is 61.2 Å². The van der Waals surface area contributed by atoms with Gasteiger partial charge in [0.15, 0.2) is 11.6 Å². The fourth-order valence-corrected chi connectivity index (χ4v) is 4.49. The molecule has 3 heterocycles. The van der Waals surface area contributed by atoms with Crippen LogP contribution in [0.5, 0.6) is 5.75 Å². The molecule has 3 aromatic heterocycles. The highest BCUT2D eigenvalue weighted by atomic mass is 35.5. The maximum absolute atomic E-state index is 13.7. The van der Waals surface area contributed by atoms with Crippen LogP contribution in [0.2, 0.25) is 5.02 Å². The lowest BCUT2D eigenvalue weighted by Crippen LogP contribution is -2.32. The van der Waals surface area contributed by atoms with E-state index in [1.807, 2.05) is 0 Å². The summed E-state index contributed by atoms with van der Waals surface area (Å²) >= 11 is 6.18. The summed E-state index contributed by atoms with van der Waals surface area (Å²) in [5, 5.41) is 14.4. The first kappa shape index (κ1) is 27.5. The van der Waals surface area contributed by atoms with Gasteiger partial charge in [-0.3, -0.25) is 24.0 Å². The summed E-state index contributed by atoms with van der Waals surface area (Å²) < 4.78 is 8.55. The molecule has 10 heteroatoms. The number of nitrogens with zero attached hydrogens (tertiary/aromatic N) is 5. The second-order valence-electron chi connectivity index (χ2n) is 8.97. The second kappa shape index (κ2) is 11.9. The number of Topliss-reactive ketones (excluding diaryl/α,β-unsaturated/α-hetero) is 2. The van der Waals surface area contributed by atoms with Gasteiger partial charge in [0.1, 0.15) is 17.5 Å². The Morgan fingerprint density at radius 2 is 1.95 bits per heavy atom. The number of hydrogen-bond acceptors (Lipinski definition) is 7. The molecule has 1 atom stereocenters. The highest BCUT2D eigenvalue weighted by molar-refractivity contribution is 6.31. The van der Waals surface area contributed by atoms with Crippen LogP contribution in [0.15, 0.2) is 65.8 Å². The van der Waals surface area contributed by atoms with E-state index in [0.717, 1.165) is 0 Å². The highest BCUT2D eigenvalue weighted by Gasteiger charge is 2.25. The van der Waals surface area contributed by atoms with Gasteiger partial charge in [0.2, 0.25) is 0 Å². The predicted octanol–water partition coefficient (Wildman–Crippen LogP) is 4.37. The Labute approximate surface area is 230 Å². The highest BCUT2D eigenvalue weighted by Crippen LogP contribution is 2.33. The van der Waals surface area contributed by atoms with E-state index in [4.69, 9.17) is 16.3 Å². The van der Waals surface area contributed by atoms with E-state index in [2.05, 4.69) is 16.2 Å². The van der Waals surface area contributed by atoms with Crippen molar-refractivity contribution < 1.29 is 14.3 Å². The van der Waals surface area contributed by atoms with Gasteiger partial charge in [-0.15, -0.1) is 0 Å². The van der Waals surface area contributed by atoms with Crippen molar-refractivity contribution in [2.75, 3.05) is 7.11 Å². The molecule has 0 aliphatic carbocycles. The van der Waals surface area contributed by atoms with Crippen LogP contribution < -0.4 is 10.3 Å². The molecule has 0 bridgehead atoms. The van der Waals surface area contributed by atoms with Crippen molar-refractivity contribution in [1.82, 2.24) is 19.3 Å². The summed E-state index contributed by atoms with van der Waals surface area (Å²) in [7, 11) is 3.22. The number of halogens is 1. The van der Waals surface area contributed by atoms with Crippen molar-refractivity contribution in [3.8, 4) is 22.9 Å². The average Bonchev–Trinajstić information content (AvgIpc) is 3.36. The van der Waals surface area contributed by atoms with E-state index in [9.17, 15) is 19.6 Å². The fourth-order valence-electron chi connectivity index (χ4n) is 4.31. The standard InChI is InChI=1S/C29H26ClN5O4/c1-4-26(36)24-8-5-18(16-32-24)11-27(37)25(13-21-9-10-34(2)33-21)35-17-28(39-3)23(14-29(35)38)22-12-20(30)7-6-19(22)15-31/h5-10,12,14,16-17,25H,4,11,13H2,1-3H3. The van der Waals surface area contributed by atoms with Gasteiger partial charge in [-0.05, 0) is 35.9 Å². The van der Waals surface area contributed by atoms with Gasteiger partial charge in [-0.1, -0.05) is 24.6 Å². The molecular weight excluding hydrogens is 518 g/mol. The normalized spacial score (nSPS) is 11.6. The number of nitriles is 1. The van der Waals surface area contributed by atoms with Crippen LogP contribution in [-0.4, -0.2) is 38.0 Å². The molecule has 0 aliphatic rings. The number of ketones is 2. The average molecular weight is 544 g/mol. The van der Waals surface area contributed by atoms with Crippen molar-refractivity contribution in [3.63, 3.8) is 0 Å². The number of rotatable bonds is 10. The molecule has 0 N–H and O–H groups in total. The Morgan fingerprint density at radius 3 is 2.56 bits per heavy atom. The van der Waals surface area contributed by atoms with Gasteiger partial charge in [0.25, 0.3) is 5.56 Å². The fraction of sp³-hybridized carbons (Fsp3) is 0.241. The first-order valence-electron chi connectivity index (χ1n) is 12.2. The van der Waals surface area contributed by atoms with Crippen molar-refractivity contribution in [2.24, 2.45) is 7.05 Å². The van der Waals surface area contributed by atoms with E-state index < -0.39 is 11.6 Å². The van der Waals surface area contributed by atoms with Crippen molar-refractivity contribution in [3.05, 3.63) is 98.9 Å². The summed E-state index contributed by atoms with van der Waals surface area (Å²) in [4.78, 5) is 43.2. The Bertz CT molecular complexity index is 1630. The quantitative estimate of drug-likeness (QED) is 0.272. The zero-order valence-corrected chi connectivity index (χ0v) is 22.5. The third-order valence-electron chi connectivity index (χ3n) is 6.34. The number of pyridine rings is 2. The molecule has 0 radical (unpaired) electrons. The zero-order valence-electron chi connectivity index (χ0n) is 21.7. The minimum absolute atomic E-state index is 0.00548. The molecular formula is C29H26ClN5O4. The summed E-state index contributed by atoms with van der Waals surface area (Å²) in [6.45, 7) is 1.76. The Balaban J connectivity index is 1.76. The number of carbonyl (C=O) groups excluding carboxylic acids is 2. The number of aromatic nitrogens is 4. The van der Waals surface area contributed by atoms with Crippen molar-refractivity contribution in [2.45, 2.75) is 32.2 Å². The van der Waals surface area contributed by atoms with Gasteiger partial charge in [0, 0.05) is 60.9 Å². The van der Waals surface area contributed by atoms with Gasteiger partial charge in [0.05, 0.1) is 30.6 Å². The summed E-state index contributed by atoms with van der Waals surface area (Å²) in [5.74, 6) is -0.0235. The molecule has 1 unspecified atom stereocenters. The molecule has 4 aromatic rings. The molecule has 0 aliphatic heterocycles. The van der Waals surface area contributed by atoms with Gasteiger partial charge in [-0.2, -0.15) is 10.4 Å². The second-order valence-corrected chi connectivity index (χ2v) is 9.41. The van der Waals surface area contributed by atoms with E-state index in [1.165, 1.54) is 30.1 Å². The molecule has 0 fully saturated rings. The molecule has 39 heavy (non-hydrogen) atoms. The number of carbonyl (C=O) groups is 2. The maximum Gasteiger partial charge on any atom is 0.252 e. The topological polar surface area (TPSA) is 120 Å². The number of aryl methyl sites for hydroxylation is 1. The van der Waals surface area contributed by atoms with Gasteiger partial charge < -0.3 is 9.30 Å². The van der Waals surface area contributed by atoms with E-state index >= 15 is 0 Å². The van der Waals surface area contributed by atoms with Crippen LogP contribution in [0.3, 0.4) is 0 Å². The predicted molar refractivity (Wildman–Crippen MR) is 146 cm³/mol. The van der Waals surface area contributed by atoms with Crippen LogP contribution >= 0.6 is 11.6 Å². The smallest absolute Gasteiger partial charge is 0.252 e. The summed E-state index contributed by atoms with van der Waals surface area (Å²) in [6, 6.07) is 12.4. The molecule has 0 amide bonds. The number of ether oxygens (including phenoxy) is 1. The van der Waals surface area contributed by atoms with E-state index in [0.29, 0.717) is 50.8 Å². The number of methoxy groups -OCH3 is 1. The Morgan fingerprint density at radius 1 is 1.15 bits per heavy atom. The monoisotopic (exact) mass is 543 g/mol. The Kier molecular flexibility index (Phi) is 8.37. The molecule has 198 valence electrons. The third kappa shape index (κ3) is 6.13. The van der Waals surface area contributed by atoms with Crippen LogP contribution in [0.4, 0.5) is 0 Å². The summed E-state index contributed by atoms with van der Waals surface area (Å²) in [6.07, 6.45) is 5.25. The zero-order chi connectivity index (χ0) is 28.1. The van der Waals surface area contributed by atoms with Crippen LogP contribution in [-0.2, 0) is 24.7 Å². The summed E-state index contributed by atoms with van der Waals surface area (Å²) in [5.41, 5.74) is 2.31. The SMILES string of the molecule is CCC(=O)c1ccc(CC(=O)C(Cc2ccn(C)n2)n2cc(OC)c(-c3cc(Cl)ccc3C#N)cc2=O)cn1. The molecule has 0 saturated heterocycles. The number of hydrogen-bond donors (Lipinski definition) is 0. The molecule has 1 aromatic carbocycles.